The van der Waals surface area contributed by atoms with E-state index >= 15 is 0 Å². The molecular weight excluding hydrogens is 346 g/mol. The Balaban J connectivity index is 2.62. The summed E-state index contributed by atoms with van der Waals surface area (Å²) in [6.07, 6.45) is 0. The molecule has 2 aromatic rings. The molecule has 0 aliphatic heterocycles. The van der Waals surface area contributed by atoms with Crippen LogP contribution in [0.5, 0.6) is 0 Å². The molecule has 0 aliphatic rings. The molecule has 0 fully saturated rings. The lowest BCUT2D eigenvalue weighted by Crippen LogP contribution is -2.06. The Morgan fingerprint density at radius 1 is 0.708 bits per heavy atom. The first kappa shape index (κ1) is 17.0. The third kappa shape index (κ3) is 3.03. The molecule has 0 amide bonds. The third-order valence-electron chi connectivity index (χ3n) is 3.00. The number of benzene rings is 2. The fraction of sp³-hybridized carbons (Fsp3) is 0. The van der Waals surface area contributed by atoms with E-state index in [0.29, 0.717) is 6.07 Å². The molecule has 0 bridgehead atoms. The summed E-state index contributed by atoms with van der Waals surface area (Å²) in [5, 5.41) is 32.3. The Morgan fingerprint density at radius 2 is 1.21 bits per heavy atom. The molecule has 11 nitrogen and oxygen atoms in total. The van der Waals surface area contributed by atoms with E-state index in [1.807, 2.05) is 0 Å². The molecule has 0 radical (unpaired) electrons. The van der Waals surface area contributed by atoms with Crippen molar-refractivity contribution < 1.29 is 23.2 Å². The molecule has 0 spiro atoms. The molecule has 0 unspecified atom stereocenters. The van der Waals surface area contributed by atoms with E-state index in [-0.39, 0.29) is 5.69 Å². The summed E-state index contributed by atoms with van der Waals surface area (Å²) in [7, 11) is -4.39. The van der Waals surface area contributed by atoms with Gasteiger partial charge >= 0.3 is 0 Å². The monoisotopic (exact) mass is 353 g/mol. The molecule has 0 aromatic heterocycles. The summed E-state index contributed by atoms with van der Waals surface area (Å²) in [6, 6.07) is 5.85. The Bertz CT molecular complexity index is 953. The second-order valence-corrected chi connectivity index (χ2v) is 6.34. The van der Waals surface area contributed by atoms with E-state index < -0.39 is 45.8 Å². The zero-order chi connectivity index (χ0) is 18.1. The fourth-order valence-electron chi connectivity index (χ4n) is 1.86. The molecule has 0 N–H and O–H groups in total. The first-order valence-corrected chi connectivity index (χ1v) is 7.55. The van der Waals surface area contributed by atoms with Crippen LogP contribution < -0.4 is 0 Å². The average molecular weight is 353 g/mol. The summed E-state index contributed by atoms with van der Waals surface area (Å²) < 4.78 is 25.0. The molecule has 2 rings (SSSR count). The molecule has 12 heteroatoms. The minimum Gasteiger partial charge on any atom is -0.258 e. The van der Waals surface area contributed by atoms with Crippen LogP contribution in [0.3, 0.4) is 0 Å². The summed E-state index contributed by atoms with van der Waals surface area (Å²) in [5.41, 5.74) is -1.95. The predicted molar refractivity (Wildman–Crippen MR) is 78.3 cm³/mol. The van der Waals surface area contributed by atoms with Crippen molar-refractivity contribution in [1.29, 1.82) is 0 Å². The van der Waals surface area contributed by atoms with Gasteiger partial charge in [0.25, 0.3) is 17.1 Å². The van der Waals surface area contributed by atoms with Crippen molar-refractivity contribution >= 4 is 26.9 Å². The minimum absolute atomic E-state index is 0.354. The van der Waals surface area contributed by atoms with Gasteiger partial charge < -0.3 is 0 Å². The van der Waals surface area contributed by atoms with Crippen LogP contribution in [0.1, 0.15) is 0 Å². The molecule has 0 atom stereocenters. The molecule has 0 saturated heterocycles. The average Bonchev–Trinajstić information content (AvgIpc) is 2.54. The van der Waals surface area contributed by atoms with Gasteiger partial charge in [-0.2, -0.15) is 0 Å². The number of non-ortho nitro benzene ring substituents is 2. The van der Waals surface area contributed by atoms with E-state index in [0.717, 1.165) is 36.4 Å². The number of nitro groups is 3. The van der Waals surface area contributed by atoms with Crippen LogP contribution in [0.25, 0.3) is 0 Å². The van der Waals surface area contributed by atoms with Crippen molar-refractivity contribution in [1.82, 2.24) is 0 Å². The highest BCUT2D eigenvalue weighted by Gasteiger charge is 2.30. The van der Waals surface area contributed by atoms with Crippen molar-refractivity contribution in [3.63, 3.8) is 0 Å². The maximum absolute atomic E-state index is 12.5. The van der Waals surface area contributed by atoms with Crippen LogP contribution in [-0.2, 0) is 9.84 Å². The van der Waals surface area contributed by atoms with Gasteiger partial charge in [-0.3, -0.25) is 30.3 Å². The van der Waals surface area contributed by atoms with E-state index in [4.69, 9.17) is 0 Å². The second-order valence-electron chi connectivity index (χ2n) is 4.42. The number of hydrogen-bond acceptors (Lipinski definition) is 8. The zero-order valence-corrected chi connectivity index (χ0v) is 12.4. The number of rotatable bonds is 5. The standard InChI is InChI=1S/C12H7N3O8S/c16-13(17)8-1-4-10(5-2-8)24(22,23)12-6-3-9(14(18)19)7-11(12)15(20)21/h1-7H. The molecule has 0 aliphatic carbocycles. The summed E-state index contributed by atoms with van der Waals surface area (Å²) in [6.45, 7) is 0. The summed E-state index contributed by atoms with van der Waals surface area (Å²) in [5.74, 6) is 0. The number of nitrogens with zero attached hydrogens (tertiary/aromatic N) is 3. The van der Waals surface area contributed by atoms with Gasteiger partial charge in [0.15, 0.2) is 0 Å². The van der Waals surface area contributed by atoms with E-state index in [2.05, 4.69) is 0 Å². The molecule has 0 heterocycles. The van der Waals surface area contributed by atoms with Crippen molar-refractivity contribution in [2.75, 3.05) is 0 Å². The lowest BCUT2D eigenvalue weighted by Gasteiger charge is -2.05. The van der Waals surface area contributed by atoms with Crippen LogP contribution in [0, 0.1) is 30.3 Å². The van der Waals surface area contributed by atoms with Crippen molar-refractivity contribution in [2.45, 2.75) is 9.79 Å². The highest BCUT2D eigenvalue weighted by Crippen LogP contribution is 2.32. The van der Waals surface area contributed by atoms with Crippen molar-refractivity contribution in [3.05, 3.63) is 72.8 Å². The summed E-state index contributed by atoms with van der Waals surface area (Å²) in [4.78, 5) is 28.5. The van der Waals surface area contributed by atoms with Crippen molar-refractivity contribution in [2.24, 2.45) is 0 Å². The van der Waals surface area contributed by atoms with E-state index in [1.54, 1.807) is 0 Å². The van der Waals surface area contributed by atoms with Gasteiger partial charge in [0.05, 0.1) is 25.7 Å². The maximum atomic E-state index is 12.5. The Hall–Kier alpha value is -3.41. The normalized spacial score (nSPS) is 11.0. The minimum atomic E-state index is -4.39. The molecular formula is C12H7N3O8S. The van der Waals surface area contributed by atoms with E-state index in [9.17, 15) is 38.8 Å². The number of sulfone groups is 1. The van der Waals surface area contributed by atoms with Gasteiger partial charge in [0.1, 0.15) is 4.90 Å². The SMILES string of the molecule is O=[N+]([O-])c1ccc(S(=O)(=O)c2ccc([N+](=O)[O-])cc2[N+](=O)[O-])cc1. The van der Waals surface area contributed by atoms with Crippen molar-refractivity contribution in [3.8, 4) is 0 Å². The highest BCUT2D eigenvalue weighted by molar-refractivity contribution is 7.91. The van der Waals surface area contributed by atoms with Gasteiger partial charge in [-0.25, -0.2) is 8.42 Å². The van der Waals surface area contributed by atoms with Gasteiger partial charge in [0.2, 0.25) is 9.84 Å². The first-order chi connectivity index (χ1) is 11.1. The highest BCUT2D eigenvalue weighted by atomic mass is 32.2. The van der Waals surface area contributed by atoms with Crippen LogP contribution in [0.15, 0.2) is 52.3 Å². The van der Waals surface area contributed by atoms with E-state index in [1.165, 1.54) is 0 Å². The van der Waals surface area contributed by atoms with Crippen LogP contribution in [0.2, 0.25) is 0 Å². The lowest BCUT2D eigenvalue weighted by atomic mass is 10.3. The fourth-order valence-corrected chi connectivity index (χ4v) is 3.27. The number of hydrogen-bond donors (Lipinski definition) is 0. The maximum Gasteiger partial charge on any atom is 0.295 e. The molecule has 0 saturated carbocycles. The number of nitro benzene ring substituents is 3. The summed E-state index contributed by atoms with van der Waals surface area (Å²) >= 11 is 0. The topological polar surface area (TPSA) is 164 Å². The van der Waals surface area contributed by atoms with Crippen LogP contribution in [-0.4, -0.2) is 23.2 Å². The Morgan fingerprint density at radius 3 is 1.67 bits per heavy atom. The molecule has 24 heavy (non-hydrogen) atoms. The molecule has 2 aromatic carbocycles. The smallest absolute Gasteiger partial charge is 0.258 e. The largest absolute Gasteiger partial charge is 0.295 e. The van der Waals surface area contributed by atoms with Crippen LogP contribution >= 0.6 is 0 Å². The zero-order valence-electron chi connectivity index (χ0n) is 11.6. The second kappa shape index (κ2) is 6.00. The van der Waals surface area contributed by atoms with Crippen LogP contribution in [0.4, 0.5) is 17.1 Å². The quantitative estimate of drug-likeness (QED) is 0.583. The lowest BCUT2D eigenvalue weighted by molar-refractivity contribution is -0.396. The third-order valence-corrected chi connectivity index (χ3v) is 4.81. The van der Waals surface area contributed by atoms with Gasteiger partial charge in [0, 0.05) is 18.2 Å². The molecule has 124 valence electrons. The predicted octanol–water partition coefficient (Wildman–Crippen LogP) is 2.24. The Kier molecular flexibility index (Phi) is 4.24. The van der Waals surface area contributed by atoms with Gasteiger partial charge in [-0.05, 0) is 18.2 Å². The van der Waals surface area contributed by atoms with Gasteiger partial charge in [-0.1, -0.05) is 0 Å². The van der Waals surface area contributed by atoms with Gasteiger partial charge in [-0.15, -0.1) is 0 Å². The first-order valence-electron chi connectivity index (χ1n) is 6.07. The Labute approximate surface area is 133 Å².